The van der Waals surface area contributed by atoms with Gasteiger partial charge in [0.1, 0.15) is 0 Å². The first-order valence-corrected chi connectivity index (χ1v) is 15.7. The number of benzene rings is 1. The van der Waals surface area contributed by atoms with Gasteiger partial charge in [-0.25, -0.2) is 0 Å². The van der Waals surface area contributed by atoms with Gasteiger partial charge in [-0.3, -0.25) is 0 Å². The normalized spacial score (nSPS) is 33.1. The van der Waals surface area contributed by atoms with Crippen LogP contribution in [0.25, 0.3) is 0 Å². The molecule has 0 spiro atoms. The Bertz CT molecular complexity index is 740. The number of hydrogen-bond acceptors (Lipinski definition) is 0. The van der Waals surface area contributed by atoms with E-state index in [9.17, 15) is 0 Å². The van der Waals surface area contributed by atoms with Gasteiger partial charge in [0.25, 0.3) is 0 Å². The summed E-state index contributed by atoms with van der Waals surface area (Å²) in [6, 6.07) is 11.1. The summed E-state index contributed by atoms with van der Waals surface area (Å²) in [5, 5.41) is 0. The van der Waals surface area contributed by atoms with E-state index in [0.717, 1.165) is 23.7 Å². The second kappa shape index (κ2) is 13.9. The van der Waals surface area contributed by atoms with Crippen LogP contribution in [0.5, 0.6) is 0 Å². The average Bonchev–Trinajstić information content (AvgIpc) is 2.93. The molecule has 2 fully saturated rings. The molecule has 0 bridgehead atoms. The Morgan fingerprint density at radius 2 is 1.17 bits per heavy atom. The summed E-state index contributed by atoms with van der Waals surface area (Å²) >= 11 is 0. The third-order valence-electron chi connectivity index (χ3n) is 10.2. The maximum Gasteiger partial charge on any atom is 0.0199 e. The summed E-state index contributed by atoms with van der Waals surface area (Å²) in [4.78, 5) is 0. The minimum atomic E-state index is 0.318. The highest BCUT2D eigenvalue weighted by Gasteiger charge is 2.38. The van der Waals surface area contributed by atoms with Crippen LogP contribution in [-0.4, -0.2) is 0 Å². The molecule has 0 atom stereocenters. The highest BCUT2D eigenvalue weighted by molar-refractivity contribution is 5.34. The molecule has 0 N–H and O–H groups in total. The molecule has 4 rings (SSSR count). The largest absolute Gasteiger partial charge is 0.0773 e. The molecular weight excluding hydrogens is 420 g/mol. The van der Waals surface area contributed by atoms with E-state index >= 15 is 0 Å². The lowest BCUT2D eigenvalue weighted by Gasteiger charge is -2.43. The van der Waals surface area contributed by atoms with Crippen LogP contribution in [0.15, 0.2) is 54.6 Å². The highest BCUT2D eigenvalue weighted by atomic mass is 14.4. The van der Waals surface area contributed by atoms with Crippen LogP contribution in [0.1, 0.15) is 134 Å². The van der Waals surface area contributed by atoms with Gasteiger partial charge in [-0.05, 0) is 54.9 Å². The van der Waals surface area contributed by atoms with Crippen molar-refractivity contribution in [1.29, 1.82) is 0 Å². The van der Waals surface area contributed by atoms with Crippen molar-refractivity contribution in [3.63, 3.8) is 0 Å². The summed E-state index contributed by atoms with van der Waals surface area (Å²) in [5.41, 5.74) is 1.76. The molecule has 1 aromatic rings. The number of allylic oxidation sites excluding steroid dienone is 4. The Balaban J connectivity index is 1.37. The quantitative estimate of drug-likeness (QED) is 0.209. The van der Waals surface area contributed by atoms with Crippen LogP contribution in [-0.2, 0) is 0 Å². The number of unbranched alkanes of at least 4 members (excludes halogenated alkanes) is 3. The molecule has 35 heavy (non-hydrogen) atoms. The van der Waals surface area contributed by atoms with Gasteiger partial charge in [0.2, 0.25) is 0 Å². The van der Waals surface area contributed by atoms with Gasteiger partial charge >= 0.3 is 0 Å². The molecule has 0 heteroatoms. The van der Waals surface area contributed by atoms with Crippen molar-refractivity contribution in [3.8, 4) is 0 Å². The highest BCUT2D eigenvalue weighted by Crippen LogP contribution is 2.50. The molecule has 1 aromatic carbocycles. The molecule has 0 unspecified atom stereocenters. The predicted molar refractivity (Wildman–Crippen MR) is 154 cm³/mol. The van der Waals surface area contributed by atoms with E-state index in [1.54, 1.807) is 0 Å². The van der Waals surface area contributed by atoms with Gasteiger partial charge in [0.15, 0.2) is 0 Å². The molecule has 0 amide bonds. The van der Waals surface area contributed by atoms with Crippen molar-refractivity contribution < 1.29 is 0 Å². The third kappa shape index (κ3) is 7.60. The Morgan fingerprint density at radius 1 is 0.629 bits per heavy atom. The topological polar surface area (TPSA) is 0 Å². The van der Waals surface area contributed by atoms with E-state index in [1.165, 1.54) is 115 Å². The van der Waals surface area contributed by atoms with Gasteiger partial charge in [-0.1, -0.05) is 152 Å². The lowest BCUT2D eigenvalue weighted by atomic mass is 9.61. The van der Waals surface area contributed by atoms with Gasteiger partial charge in [-0.15, -0.1) is 0 Å². The van der Waals surface area contributed by atoms with E-state index in [-0.39, 0.29) is 0 Å². The van der Waals surface area contributed by atoms with Crippen LogP contribution in [0.3, 0.4) is 0 Å². The fourth-order valence-electron chi connectivity index (χ4n) is 7.65. The van der Waals surface area contributed by atoms with Gasteiger partial charge in [0, 0.05) is 11.3 Å². The summed E-state index contributed by atoms with van der Waals surface area (Å²) in [6.45, 7) is 4.68. The molecule has 2 saturated carbocycles. The predicted octanol–water partition coefficient (Wildman–Crippen LogP) is 11.0. The molecule has 0 nitrogen and oxygen atoms in total. The first-order valence-electron chi connectivity index (χ1n) is 15.7. The summed E-state index contributed by atoms with van der Waals surface area (Å²) in [7, 11) is 0. The maximum atomic E-state index is 2.69. The van der Waals surface area contributed by atoms with E-state index in [0.29, 0.717) is 11.3 Å². The summed E-state index contributed by atoms with van der Waals surface area (Å²) in [5.74, 6) is 4.33. The molecular formula is C35H54. The standard InChI is InChI=1S/C35H54/c1-3-5-8-12-30-19-21-34(22-20-30)35(26-23-31-17-15-29(16-18-31)11-6-4-2)27-24-33(25-28-35)32-13-9-7-10-14-32/h7,9-10,13-14,24-25,27-31,33-34H,3-6,8,11-12,15-23,26H2,1-2H3/t29-,30-,31-,33?,34-,35?. The minimum absolute atomic E-state index is 0.318. The smallest absolute Gasteiger partial charge is 0.0199 e. The maximum absolute atomic E-state index is 2.69. The lowest BCUT2D eigenvalue weighted by molar-refractivity contribution is 0.149. The van der Waals surface area contributed by atoms with E-state index in [4.69, 9.17) is 0 Å². The Kier molecular flexibility index (Phi) is 10.6. The lowest BCUT2D eigenvalue weighted by Crippen LogP contribution is -2.33. The monoisotopic (exact) mass is 474 g/mol. The van der Waals surface area contributed by atoms with Crippen molar-refractivity contribution >= 4 is 0 Å². The van der Waals surface area contributed by atoms with Crippen molar-refractivity contribution in [3.05, 3.63) is 60.2 Å². The zero-order chi connectivity index (χ0) is 24.3. The molecule has 0 radical (unpaired) electrons. The molecule has 194 valence electrons. The van der Waals surface area contributed by atoms with Crippen molar-refractivity contribution in [2.75, 3.05) is 0 Å². The second-order valence-electron chi connectivity index (χ2n) is 12.5. The number of rotatable bonds is 12. The van der Waals surface area contributed by atoms with Gasteiger partial charge < -0.3 is 0 Å². The van der Waals surface area contributed by atoms with Crippen molar-refractivity contribution in [2.45, 2.75) is 129 Å². The third-order valence-corrected chi connectivity index (χ3v) is 10.2. The molecule has 3 aliphatic carbocycles. The van der Waals surface area contributed by atoms with Crippen LogP contribution in [0, 0.1) is 29.1 Å². The van der Waals surface area contributed by atoms with Crippen LogP contribution in [0.4, 0.5) is 0 Å². The SMILES string of the molecule is CCCCC[C@H]1CC[C@H](C2(CC[C@H]3CC[C@H](CCCC)CC3)C=CC(c3ccccc3)C=C2)CC1. The van der Waals surface area contributed by atoms with Crippen LogP contribution < -0.4 is 0 Å². The van der Waals surface area contributed by atoms with Crippen molar-refractivity contribution in [1.82, 2.24) is 0 Å². The molecule has 3 aliphatic rings. The molecule has 0 aromatic heterocycles. The average molecular weight is 475 g/mol. The zero-order valence-electron chi connectivity index (χ0n) is 23.1. The first kappa shape index (κ1) is 26.8. The van der Waals surface area contributed by atoms with Crippen LogP contribution in [0.2, 0.25) is 0 Å². The summed E-state index contributed by atoms with van der Waals surface area (Å²) in [6.07, 6.45) is 35.2. The summed E-state index contributed by atoms with van der Waals surface area (Å²) < 4.78 is 0. The number of hydrogen-bond donors (Lipinski definition) is 0. The zero-order valence-corrected chi connectivity index (χ0v) is 23.1. The Morgan fingerprint density at radius 3 is 1.77 bits per heavy atom. The fourth-order valence-corrected chi connectivity index (χ4v) is 7.65. The van der Waals surface area contributed by atoms with Gasteiger partial charge in [0.05, 0.1) is 0 Å². The molecule has 0 heterocycles. The van der Waals surface area contributed by atoms with Crippen LogP contribution >= 0.6 is 0 Å². The minimum Gasteiger partial charge on any atom is -0.0773 e. The van der Waals surface area contributed by atoms with Gasteiger partial charge in [-0.2, -0.15) is 0 Å². The molecule has 0 saturated heterocycles. The Labute approximate surface area is 218 Å². The van der Waals surface area contributed by atoms with E-state index in [2.05, 4.69) is 68.5 Å². The van der Waals surface area contributed by atoms with E-state index in [1.807, 2.05) is 0 Å². The molecule has 0 aliphatic heterocycles. The first-order chi connectivity index (χ1) is 17.2. The van der Waals surface area contributed by atoms with Crippen molar-refractivity contribution in [2.24, 2.45) is 29.1 Å². The van der Waals surface area contributed by atoms with E-state index < -0.39 is 0 Å². The fraction of sp³-hybridized carbons (Fsp3) is 0.714. The Hall–Kier alpha value is -1.30. The second-order valence-corrected chi connectivity index (χ2v) is 12.5.